The van der Waals surface area contributed by atoms with Gasteiger partial charge in [0.15, 0.2) is 0 Å². The zero-order valence-corrected chi connectivity index (χ0v) is 12.2. The highest BCUT2D eigenvalue weighted by Gasteiger charge is 2.29. The first-order chi connectivity index (χ1) is 9.81. The molecule has 0 amide bonds. The molecule has 116 valence electrons. The molecule has 1 aromatic rings. The Kier molecular flexibility index (Phi) is 5.79. The van der Waals surface area contributed by atoms with Gasteiger partial charge in [0.1, 0.15) is 18.9 Å². The third-order valence-corrected chi connectivity index (χ3v) is 4.32. The minimum absolute atomic E-state index is 0.253. The molecule has 0 aliphatic rings. The van der Waals surface area contributed by atoms with Gasteiger partial charge < -0.3 is 9.47 Å². The van der Waals surface area contributed by atoms with E-state index in [0.717, 1.165) is 38.5 Å². The number of hydrogen-bond acceptors (Lipinski definition) is 6. The van der Waals surface area contributed by atoms with Gasteiger partial charge in [-0.25, -0.2) is 12.8 Å². The van der Waals surface area contributed by atoms with Crippen molar-refractivity contribution in [2.24, 2.45) is 0 Å². The fourth-order valence-electron chi connectivity index (χ4n) is 1.40. The largest absolute Gasteiger partial charge is 0.468 e. The van der Waals surface area contributed by atoms with E-state index >= 15 is 0 Å². The lowest BCUT2D eigenvalue weighted by atomic mass is 10.4. The molecule has 0 spiro atoms. The maximum atomic E-state index is 12.8. The van der Waals surface area contributed by atoms with Crippen LogP contribution in [-0.4, -0.2) is 52.0 Å². The second-order valence-electron chi connectivity index (χ2n) is 3.88. The van der Waals surface area contributed by atoms with Gasteiger partial charge in [0, 0.05) is 0 Å². The van der Waals surface area contributed by atoms with Crippen LogP contribution in [0.1, 0.15) is 0 Å². The highest BCUT2D eigenvalue weighted by atomic mass is 32.2. The van der Waals surface area contributed by atoms with Crippen LogP contribution in [0.2, 0.25) is 0 Å². The fraction of sp³-hybridized carbons (Fsp3) is 0.333. The number of ether oxygens (including phenoxy) is 2. The molecule has 0 aliphatic carbocycles. The standard InChI is InChI=1S/C12H14FNO6S/c1-19-11(15)7-14(8-12(16)20-2)21(17,18)10-5-3-9(13)4-6-10/h3-6H,7-8H2,1-2H3. The molecule has 1 aromatic carbocycles. The van der Waals surface area contributed by atoms with Crippen LogP contribution in [0.15, 0.2) is 29.2 Å². The average Bonchev–Trinajstić information content (AvgIpc) is 2.46. The Labute approximate surface area is 121 Å². The number of sulfonamides is 1. The van der Waals surface area contributed by atoms with Gasteiger partial charge in [-0.05, 0) is 24.3 Å². The van der Waals surface area contributed by atoms with Gasteiger partial charge in [0.05, 0.1) is 19.1 Å². The molecule has 0 aromatic heterocycles. The maximum Gasteiger partial charge on any atom is 0.321 e. The molecule has 0 fully saturated rings. The lowest BCUT2D eigenvalue weighted by Gasteiger charge is -2.19. The van der Waals surface area contributed by atoms with Crippen LogP contribution < -0.4 is 0 Å². The Balaban J connectivity index is 3.12. The van der Waals surface area contributed by atoms with Crippen molar-refractivity contribution in [2.45, 2.75) is 4.90 Å². The van der Waals surface area contributed by atoms with Gasteiger partial charge in [0.25, 0.3) is 0 Å². The summed E-state index contributed by atoms with van der Waals surface area (Å²) in [5, 5.41) is 0. The summed E-state index contributed by atoms with van der Waals surface area (Å²) < 4.78 is 46.9. The van der Waals surface area contributed by atoms with E-state index in [2.05, 4.69) is 9.47 Å². The third-order valence-electron chi connectivity index (χ3n) is 2.52. The topological polar surface area (TPSA) is 90.0 Å². The summed E-state index contributed by atoms with van der Waals surface area (Å²) in [6, 6.07) is 3.99. The molecule has 9 heteroatoms. The smallest absolute Gasteiger partial charge is 0.321 e. The summed E-state index contributed by atoms with van der Waals surface area (Å²) in [4.78, 5) is 22.3. The van der Waals surface area contributed by atoms with Crippen LogP contribution in [-0.2, 0) is 29.1 Å². The Morgan fingerprint density at radius 1 is 1.05 bits per heavy atom. The van der Waals surface area contributed by atoms with Gasteiger partial charge >= 0.3 is 11.9 Å². The molecular weight excluding hydrogens is 305 g/mol. The first kappa shape index (κ1) is 17.1. The Morgan fingerprint density at radius 2 is 1.48 bits per heavy atom. The predicted molar refractivity (Wildman–Crippen MR) is 69.2 cm³/mol. The Morgan fingerprint density at radius 3 is 1.86 bits per heavy atom. The first-order valence-corrected chi connectivity index (χ1v) is 7.14. The molecule has 0 bridgehead atoms. The molecule has 0 radical (unpaired) electrons. The van der Waals surface area contributed by atoms with Crippen LogP contribution >= 0.6 is 0 Å². The predicted octanol–water partition coefficient (Wildman–Crippen LogP) is 0.162. The fourth-order valence-corrected chi connectivity index (χ4v) is 2.73. The number of hydrogen-bond donors (Lipinski definition) is 0. The maximum absolute atomic E-state index is 12.8. The summed E-state index contributed by atoms with van der Waals surface area (Å²) in [5.74, 6) is -2.30. The number of esters is 2. The van der Waals surface area contributed by atoms with Crippen molar-refractivity contribution >= 4 is 22.0 Å². The van der Waals surface area contributed by atoms with Crippen LogP contribution in [0, 0.1) is 5.82 Å². The summed E-state index contributed by atoms with van der Waals surface area (Å²) in [5.41, 5.74) is 0. The van der Waals surface area contributed by atoms with Crippen molar-refractivity contribution in [3.63, 3.8) is 0 Å². The minimum atomic E-state index is -4.16. The van der Waals surface area contributed by atoms with Gasteiger partial charge in [-0.2, -0.15) is 4.31 Å². The van der Waals surface area contributed by atoms with Crippen molar-refractivity contribution in [2.75, 3.05) is 27.3 Å². The molecule has 1 rings (SSSR count). The summed E-state index contributed by atoms with van der Waals surface area (Å²) in [6.07, 6.45) is 0. The van der Waals surface area contributed by atoms with E-state index < -0.39 is 40.9 Å². The summed E-state index contributed by atoms with van der Waals surface area (Å²) in [6.45, 7) is -1.32. The van der Waals surface area contributed by atoms with E-state index in [0.29, 0.717) is 4.31 Å². The van der Waals surface area contributed by atoms with Crippen LogP contribution in [0.5, 0.6) is 0 Å². The number of halogens is 1. The second-order valence-corrected chi connectivity index (χ2v) is 5.82. The molecule has 7 nitrogen and oxygen atoms in total. The van der Waals surface area contributed by atoms with Crippen molar-refractivity contribution in [1.29, 1.82) is 0 Å². The molecular formula is C12H14FNO6S. The number of nitrogens with zero attached hydrogens (tertiary/aromatic N) is 1. The molecule has 0 heterocycles. The number of carbonyl (C=O) groups excluding carboxylic acids is 2. The third kappa shape index (κ3) is 4.50. The van der Waals surface area contributed by atoms with E-state index in [1.54, 1.807) is 0 Å². The molecule has 0 N–H and O–H groups in total. The summed E-state index contributed by atoms with van der Waals surface area (Å²) in [7, 11) is -1.99. The molecule has 0 atom stereocenters. The average molecular weight is 319 g/mol. The number of methoxy groups -OCH3 is 2. The lowest BCUT2D eigenvalue weighted by Crippen LogP contribution is -2.40. The Hall–Kier alpha value is -2.00. The zero-order valence-electron chi connectivity index (χ0n) is 11.4. The summed E-state index contributed by atoms with van der Waals surface area (Å²) >= 11 is 0. The number of benzene rings is 1. The SMILES string of the molecule is COC(=O)CN(CC(=O)OC)S(=O)(=O)c1ccc(F)cc1. The van der Waals surface area contributed by atoms with Crippen LogP contribution in [0.3, 0.4) is 0 Å². The van der Waals surface area contributed by atoms with Crippen LogP contribution in [0.4, 0.5) is 4.39 Å². The minimum Gasteiger partial charge on any atom is -0.468 e. The van der Waals surface area contributed by atoms with E-state index in [-0.39, 0.29) is 4.90 Å². The molecule has 0 aliphatic heterocycles. The quantitative estimate of drug-likeness (QED) is 0.694. The van der Waals surface area contributed by atoms with E-state index in [1.807, 2.05) is 0 Å². The Bertz CT molecular complexity index is 595. The normalized spacial score (nSPS) is 11.2. The van der Waals surface area contributed by atoms with Gasteiger partial charge in [-0.15, -0.1) is 0 Å². The van der Waals surface area contributed by atoms with Crippen molar-refractivity contribution in [3.8, 4) is 0 Å². The lowest BCUT2D eigenvalue weighted by molar-refractivity contribution is -0.143. The van der Waals surface area contributed by atoms with Gasteiger partial charge in [0.2, 0.25) is 10.0 Å². The molecule has 0 unspecified atom stereocenters. The van der Waals surface area contributed by atoms with Gasteiger partial charge in [-0.3, -0.25) is 9.59 Å². The zero-order chi connectivity index (χ0) is 16.0. The monoisotopic (exact) mass is 319 g/mol. The molecule has 0 saturated carbocycles. The van der Waals surface area contributed by atoms with E-state index in [1.165, 1.54) is 0 Å². The van der Waals surface area contributed by atoms with Crippen molar-refractivity contribution in [3.05, 3.63) is 30.1 Å². The van der Waals surface area contributed by atoms with Gasteiger partial charge in [-0.1, -0.05) is 0 Å². The first-order valence-electron chi connectivity index (χ1n) is 5.70. The highest BCUT2D eigenvalue weighted by Crippen LogP contribution is 2.16. The van der Waals surface area contributed by atoms with E-state index in [4.69, 9.17) is 0 Å². The van der Waals surface area contributed by atoms with Crippen molar-refractivity contribution < 1.29 is 31.9 Å². The van der Waals surface area contributed by atoms with Crippen molar-refractivity contribution in [1.82, 2.24) is 4.31 Å². The second kappa shape index (κ2) is 7.14. The number of rotatable bonds is 6. The molecule has 0 saturated heterocycles. The van der Waals surface area contributed by atoms with E-state index in [9.17, 15) is 22.4 Å². The molecule has 21 heavy (non-hydrogen) atoms. The number of carbonyl (C=O) groups is 2. The van der Waals surface area contributed by atoms with Crippen LogP contribution in [0.25, 0.3) is 0 Å². The highest BCUT2D eigenvalue weighted by molar-refractivity contribution is 7.89.